The Hall–Kier alpha value is -2.98. The lowest BCUT2D eigenvalue weighted by Gasteiger charge is -2.33. The Morgan fingerprint density at radius 1 is 1.06 bits per heavy atom. The van der Waals surface area contributed by atoms with Crippen LogP contribution in [0.15, 0.2) is 36.4 Å². The molecule has 1 heterocycles. The molecule has 11 heteroatoms. The Labute approximate surface area is 216 Å². The normalized spacial score (nSPS) is 14.3. The summed E-state index contributed by atoms with van der Waals surface area (Å²) in [6.07, 6.45) is 2.01. The third kappa shape index (κ3) is 6.41. The van der Waals surface area contributed by atoms with Crippen molar-refractivity contribution in [3.05, 3.63) is 52.5 Å². The van der Waals surface area contributed by atoms with Gasteiger partial charge in [0.15, 0.2) is 11.5 Å². The van der Waals surface area contributed by atoms with Crippen molar-refractivity contribution in [3.8, 4) is 11.5 Å². The SMILES string of the molecule is CCOC(=O)C1CCN(C(=O)c2cc(OC)c(OC)cc2N(Cc2ccc(Cl)cc2)S(C)(=O)=O)CC1. The average Bonchev–Trinajstić information content (AvgIpc) is 2.86. The zero-order chi connectivity index (χ0) is 26.5. The molecule has 0 spiro atoms. The van der Waals surface area contributed by atoms with Crippen molar-refractivity contribution < 1.29 is 32.2 Å². The van der Waals surface area contributed by atoms with Crippen molar-refractivity contribution in [1.82, 2.24) is 4.90 Å². The Kier molecular flexibility index (Phi) is 9.08. The second-order valence-corrected chi connectivity index (χ2v) is 10.8. The molecule has 3 rings (SSSR count). The molecule has 1 aliphatic rings. The number of carbonyl (C=O) groups excluding carboxylic acids is 2. The number of likely N-dealkylation sites (tertiary alicyclic amines) is 1. The minimum absolute atomic E-state index is 0.0172. The van der Waals surface area contributed by atoms with Crippen LogP contribution in [0.25, 0.3) is 0 Å². The molecule has 2 aromatic carbocycles. The summed E-state index contributed by atoms with van der Waals surface area (Å²) in [6.45, 7) is 2.73. The number of nitrogens with zero attached hydrogens (tertiary/aromatic N) is 2. The fraction of sp³-hybridized carbons (Fsp3) is 0.440. The number of hydrogen-bond acceptors (Lipinski definition) is 7. The molecule has 196 valence electrons. The van der Waals surface area contributed by atoms with Gasteiger partial charge in [-0.3, -0.25) is 13.9 Å². The van der Waals surface area contributed by atoms with Crippen LogP contribution in [0.5, 0.6) is 11.5 Å². The molecule has 0 bridgehead atoms. The second-order valence-electron chi connectivity index (χ2n) is 8.44. The van der Waals surface area contributed by atoms with Crippen LogP contribution in [0.4, 0.5) is 5.69 Å². The van der Waals surface area contributed by atoms with Gasteiger partial charge in [-0.1, -0.05) is 23.7 Å². The Morgan fingerprint density at radius 2 is 1.64 bits per heavy atom. The molecule has 0 radical (unpaired) electrons. The highest BCUT2D eigenvalue weighted by atomic mass is 35.5. The number of esters is 1. The smallest absolute Gasteiger partial charge is 0.309 e. The van der Waals surface area contributed by atoms with Gasteiger partial charge in [0.05, 0.1) is 50.8 Å². The molecule has 2 aromatic rings. The van der Waals surface area contributed by atoms with Crippen molar-refractivity contribution in [1.29, 1.82) is 0 Å². The summed E-state index contributed by atoms with van der Waals surface area (Å²) in [6, 6.07) is 9.78. The first kappa shape index (κ1) is 27.6. The zero-order valence-corrected chi connectivity index (χ0v) is 22.4. The van der Waals surface area contributed by atoms with E-state index in [0.717, 1.165) is 10.6 Å². The number of sulfonamides is 1. The summed E-state index contributed by atoms with van der Waals surface area (Å²) in [4.78, 5) is 27.4. The molecule has 0 saturated carbocycles. The number of carbonyl (C=O) groups is 2. The predicted octanol–water partition coefficient (Wildman–Crippen LogP) is 3.74. The van der Waals surface area contributed by atoms with Crippen LogP contribution in [0.1, 0.15) is 35.7 Å². The van der Waals surface area contributed by atoms with Gasteiger partial charge in [0.1, 0.15) is 0 Å². The third-order valence-electron chi connectivity index (χ3n) is 6.04. The van der Waals surface area contributed by atoms with Gasteiger partial charge in [-0.05, 0) is 43.5 Å². The van der Waals surface area contributed by atoms with Gasteiger partial charge in [-0.2, -0.15) is 0 Å². The highest BCUT2D eigenvalue weighted by Crippen LogP contribution is 2.38. The van der Waals surface area contributed by atoms with Crippen LogP contribution in [0, 0.1) is 5.92 Å². The molecule has 0 aliphatic carbocycles. The van der Waals surface area contributed by atoms with Crippen LogP contribution in [-0.2, 0) is 26.1 Å². The molecule has 36 heavy (non-hydrogen) atoms. The van der Waals surface area contributed by atoms with E-state index in [-0.39, 0.29) is 41.3 Å². The van der Waals surface area contributed by atoms with Crippen LogP contribution in [0.3, 0.4) is 0 Å². The van der Waals surface area contributed by atoms with E-state index < -0.39 is 10.0 Å². The molecule has 1 fully saturated rings. The van der Waals surface area contributed by atoms with E-state index in [1.165, 1.54) is 26.4 Å². The molecule has 0 N–H and O–H groups in total. The standard InChI is InChI=1S/C25H31ClN2O7S/c1-5-35-25(30)18-10-12-27(13-11-18)24(29)20-14-22(33-2)23(34-3)15-21(20)28(36(4,31)32)16-17-6-8-19(26)9-7-17/h6-9,14-15,18H,5,10-13,16H2,1-4H3. The Balaban J connectivity index is 2.01. The summed E-state index contributed by atoms with van der Waals surface area (Å²) in [5, 5.41) is 0.526. The first-order valence-electron chi connectivity index (χ1n) is 11.5. The maximum atomic E-state index is 13.7. The van der Waals surface area contributed by atoms with Crippen molar-refractivity contribution in [3.63, 3.8) is 0 Å². The zero-order valence-electron chi connectivity index (χ0n) is 20.8. The van der Waals surface area contributed by atoms with Gasteiger partial charge in [0.2, 0.25) is 10.0 Å². The summed E-state index contributed by atoms with van der Waals surface area (Å²) in [5.74, 6) is -0.308. The van der Waals surface area contributed by atoms with Gasteiger partial charge < -0.3 is 19.1 Å². The summed E-state index contributed by atoms with van der Waals surface area (Å²) < 4.78 is 43.0. The molecular formula is C25H31ClN2O7S. The quantitative estimate of drug-likeness (QED) is 0.448. The van der Waals surface area contributed by atoms with Crippen LogP contribution in [0.2, 0.25) is 5.02 Å². The van der Waals surface area contributed by atoms with Crippen molar-refractivity contribution in [2.45, 2.75) is 26.3 Å². The fourth-order valence-electron chi connectivity index (χ4n) is 4.13. The van der Waals surface area contributed by atoms with Gasteiger partial charge in [-0.25, -0.2) is 8.42 Å². The summed E-state index contributed by atoms with van der Waals surface area (Å²) in [7, 11) is -0.931. The lowest BCUT2D eigenvalue weighted by atomic mass is 9.96. The highest BCUT2D eigenvalue weighted by Gasteiger charge is 2.32. The molecule has 0 atom stereocenters. The number of benzene rings is 2. The van der Waals surface area contributed by atoms with E-state index in [0.29, 0.717) is 48.9 Å². The van der Waals surface area contributed by atoms with E-state index >= 15 is 0 Å². The monoisotopic (exact) mass is 538 g/mol. The second kappa shape index (κ2) is 11.8. The minimum atomic E-state index is -3.81. The molecular weight excluding hydrogens is 508 g/mol. The highest BCUT2D eigenvalue weighted by molar-refractivity contribution is 7.92. The van der Waals surface area contributed by atoms with E-state index in [1.807, 2.05) is 0 Å². The molecule has 0 aromatic heterocycles. The van der Waals surface area contributed by atoms with Crippen molar-refractivity contribution in [2.24, 2.45) is 5.92 Å². The molecule has 1 aliphatic heterocycles. The van der Waals surface area contributed by atoms with Crippen molar-refractivity contribution in [2.75, 3.05) is 44.5 Å². The number of piperidine rings is 1. The number of hydrogen-bond donors (Lipinski definition) is 0. The number of halogens is 1. The summed E-state index contributed by atoms with van der Waals surface area (Å²) in [5.41, 5.74) is 1.01. The van der Waals surface area contributed by atoms with E-state index in [9.17, 15) is 18.0 Å². The van der Waals surface area contributed by atoms with Gasteiger partial charge in [0.25, 0.3) is 5.91 Å². The maximum Gasteiger partial charge on any atom is 0.309 e. The predicted molar refractivity (Wildman–Crippen MR) is 137 cm³/mol. The first-order chi connectivity index (χ1) is 17.1. The largest absolute Gasteiger partial charge is 0.493 e. The van der Waals surface area contributed by atoms with E-state index in [1.54, 1.807) is 36.1 Å². The topological polar surface area (TPSA) is 102 Å². The van der Waals surface area contributed by atoms with Crippen LogP contribution < -0.4 is 13.8 Å². The number of rotatable bonds is 9. The van der Waals surface area contributed by atoms with Gasteiger partial charge in [0, 0.05) is 24.2 Å². The number of anilines is 1. The van der Waals surface area contributed by atoms with Crippen LogP contribution in [-0.4, -0.2) is 65.4 Å². The third-order valence-corrected chi connectivity index (χ3v) is 7.42. The number of amides is 1. The summed E-state index contributed by atoms with van der Waals surface area (Å²) >= 11 is 5.99. The lowest BCUT2D eigenvalue weighted by Crippen LogP contribution is -2.41. The molecule has 9 nitrogen and oxygen atoms in total. The minimum Gasteiger partial charge on any atom is -0.493 e. The molecule has 1 amide bonds. The Morgan fingerprint density at radius 3 is 2.17 bits per heavy atom. The lowest BCUT2D eigenvalue weighted by molar-refractivity contribution is -0.149. The first-order valence-corrected chi connectivity index (χ1v) is 13.8. The van der Waals surface area contributed by atoms with Gasteiger partial charge >= 0.3 is 5.97 Å². The number of ether oxygens (including phenoxy) is 3. The van der Waals surface area contributed by atoms with Crippen molar-refractivity contribution >= 4 is 39.2 Å². The average molecular weight is 539 g/mol. The fourth-order valence-corrected chi connectivity index (χ4v) is 5.15. The molecule has 0 unspecified atom stereocenters. The van der Waals surface area contributed by atoms with E-state index in [4.69, 9.17) is 25.8 Å². The van der Waals surface area contributed by atoms with E-state index in [2.05, 4.69) is 0 Å². The maximum absolute atomic E-state index is 13.7. The Bertz CT molecular complexity index is 1190. The molecule has 1 saturated heterocycles. The number of methoxy groups -OCH3 is 2. The van der Waals surface area contributed by atoms with Crippen LogP contribution >= 0.6 is 11.6 Å². The van der Waals surface area contributed by atoms with Gasteiger partial charge in [-0.15, -0.1) is 0 Å².